The molecule has 0 spiro atoms. The van der Waals surface area contributed by atoms with Crippen LogP contribution in [0.5, 0.6) is 0 Å². The van der Waals surface area contributed by atoms with Crippen LogP contribution in [0.25, 0.3) is 10.9 Å². The average molecular weight is 254 g/mol. The lowest BCUT2D eigenvalue weighted by Crippen LogP contribution is -2.52. The van der Waals surface area contributed by atoms with Gasteiger partial charge >= 0.3 is 0 Å². The topological polar surface area (TPSA) is 38.9 Å². The zero-order valence-electron chi connectivity index (χ0n) is 11.8. The van der Waals surface area contributed by atoms with Gasteiger partial charge in [-0.25, -0.2) is 0 Å². The molecule has 1 aliphatic carbocycles. The standard InChI is InChI=1S/C17H22N2/c1-16(2)10-3-4-11-17(16,18)14-9-5-7-13-8-6-12-19-15(13)14/h5-9,12H,3-4,10-11,18H2,1-2H3. The van der Waals surface area contributed by atoms with Crippen LogP contribution in [0.4, 0.5) is 0 Å². The first-order valence-electron chi connectivity index (χ1n) is 7.18. The summed E-state index contributed by atoms with van der Waals surface area (Å²) in [5, 5.41) is 1.19. The number of nitrogens with zero attached hydrogens (tertiary/aromatic N) is 1. The molecule has 19 heavy (non-hydrogen) atoms. The van der Waals surface area contributed by atoms with Crippen LogP contribution in [0.15, 0.2) is 36.5 Å². The first-order chi connectivity index (χ1) is 9.05. The second-order valence-electron chi connectivity index (χ2n) is 6.44. The molecule has 2 nitrogen and oxygen atoms in total. The highest BCUT2D eigenvalue weighted by Crippen LogP contribution is 2.49. The summed E-state index contributed by atoms with van der Waals surface area (Å²) in [5.41, 5.74) is 9.03. The Balaban J connectivity index is 2.23. The van der Waals surface area contributed by atoms with E-state index >= 15 is 0 Å². The van der Waals surface area contributed by atoms with Crippen LogP contribution in [0.3, 0.4) is 0 Å². The van der Waals surface area contributed by atoms with Crippen LogP contribution in [0, 0.1) is 5.41 Å². The Labute approximate surface area is 115 Å². The van der Waals surface area contributed by atoms with Crippen molar-refractivity contribution in [3.8, 4) is 0 Å². The summed E-state index contributed by atoms with van der Waals surface area (Å²) in [5.74, 6) is 0. The number of para-hydroxylation sites is 1. The summed E-state index contributed by atoms with van der Waals surface area (Å²) in [7, 11) is 0. The van der Waals surface area contributed by atoms with Gasteiger partial charge in [-0.15, -0.1) is 0 Å². The van der Waals surface area contributed by atoms with Gasteiger partial charge in [0.05, 0.1) is 5.52 Å². The van der Waals surface area contributed by atoms with Gasteiger partial charge in [-0.2, -0.15) is 0 Å². The lowest BCUT2D eigenvalue weighted by Gasteiger charge is -2.48. The third kappa shape index (κ3) is 1.86. The Kier molecular flexibility index (Phi) is 2.86. The number of hydrogen-bond donors (Lipinski definition) is 1. The number of fused-ring (bicyclic) bond motifs is 1. The van der Waals surface area contributed by atoms with Crippen molar-refractivity contribution in [1.29, 1.82) is 0 Å². The molecule has 0 amide bonds. The Morgan fingerprint density at radius 2 is 1.79 bits per heavy atom. The number of pyridine rings is 1. The molecule has 1 saturated carbocycles. The van der Waals surface area contributed by atoms with Gasteiger partial charge in [-0.3, -0.25) is 4.98 Å². The minimum absolute atomic E-state index is 0.122. The zero-order chi connectivity index (χ0) is 13.5. The summed E-state index contributed by atoms with van der Waals surface area (Å²) < 4.78 is 0. The molecule has 2 heteroatoms. The molecule has 1 atom stereocenters. The Morgan fingerprint density at radius 3 is 2.58 bits per heavy atom. The van der Waals surface area contributed by atoms with E-state index in [1.807, 2.05) is 12.3 Å². The van der Waals surface area contributed by atoms with Crippen LogP contribution in [-0.4, -0.2) is 4.98 Å². The predicted octanol–water partition coefficient (Wildman–Crippen LogP) is 3.99. The third-order valence-corrected chi connectivity index (χ3v) is 4.94. The Bertz CT molecular complexity index is 598. The maximum Gasteiger partial charge on any atom is 0.0752 e. The van der Waals surface area contributed by atoms with Gasteiger partial charge in [-0.1, -0.05) is 51.0 Å². The third-order valence-electron chi connectivity index (χ3n) is 4.94. The van der Waals surface area contributed by atoms with Crippen molar-refractivity contribution in [2.24, 2.45) is 11.1 Å². The number of rotatable bonds is 1. The van der Waals surface area contributed by atoms with E-state index in [4.69, 9.17) is 5.73 Å². The number of hydrogen-bond acceptors (Lipinski definition) is 2. The Morgan fingerprint density at radius 1 is 1.05 bits per heavy atom. The highest BCUT2D eigenvalue weighted by Gasteiger charge is 2.45. The smallest absolute Gasteiger partial charge is 0.0752 e. The van der Waals surface area contributed by atoms with Gasteiger partial charge in [-0.05, 0) is 29.9 Å². The van der Waals surface area contributed by atoms with Gasteiger partial charge in [0, 0.05) is 17.1 Å². The minimum atomic E-state index is -0.265. The second kappa shape index (κ2) is 4.31. The van der Waals surface area contributed by atoms with Gasteiger partial charge in [0.25, 0.3) is 0 Å². The zero-order valence-corrected chi connectivity index (χ0v) is 11.8. The molecular formula is C17H22N2. The summed E-state index contributed by atoms with van der Waals surface area (Å²) in [4.78, 5) is 4.59. The molecule has 2 N–H and O–H groups in total. The van der Waals surface area contributed by atoms with Crippen LogP contribution < -0.4 is 5.73 Å². The first-order valence-corrected chi connectivity index (χ1v) is 7.18. The summed E-state index contributed by atoms with van der Waals surface area (Å²) in [6.45, 7) is 4.60. The minimum Gasteiger partial charge on any atom is -0.321 e. The van der Waals surface area contributed by atoms with Gasteiger partial charge < -0.3 is 5.73 Å². The van der Waals surface area contributed by atoms with Crippen molar-refractivity contribution in [1.82, 2.24) is 4.98 Å². The van der Waals surface area contributed by atoms with Gasteiger partial charge in [0.15, 0.2) is 0 Å². The summed E-state index contributed by atoms with van der Waals surface area (Å²) in [6.07, 6.45) is 6.60. The average Bonchev–Trinajstić information content (AvgIpc) is 2.41. The van der Waals surface area contributed by atoms with E-state index in [1.165, 1.54) is 30.2 Å². The normalized spacial score (nSPS) is 26.5. The van der Waals surface area contributed by atoms with Crippen molar-refractivity contribution >= 4 is 10.9 Å². The Hall–Kier alpha value is -1.41. The van der Waals surface area contributed by atoms with Crippen LogP contribution in [0.1, 0.15) is 45.1 Å². The maximum atomic E-state index is 6.88. The van der Waals surface area contributed by atoms with Crippen molar-refractivity contribution in [2.75, 3.05) is 0 Å². The molecule has 1 fully saturated rings. The number of benzene rings is 1. The molecule has 0 bridgehead atoms. The molecule has 1 aromatic carbocycles. The number of aromatic nitrogens is 1. The van der Waals surface area contributed by atoms with Crippen LogP contribution in [0.2, 0.25) is 0 Å². The van der Waals surface area contributed by atoms with Crippen molar-refractivity contribution in [3.05, 3.63) is 42.1 Å². The monoisotopic (exact) mass is 254 g/mol. The molecule has 0 aliphatic heterocycles. The SMILES string of the molecule is CC1(C)CCCCC1(N)c1cccc2cccnc12. The molecule has 0 radical (unpaired) electrons. The largest absolute Gasteiger partial charge is 0.321 e. The lowest BCUT2D eigenvalue weighted by molar-refractivity contribution is 0.0990. The van der Waals surface area contributed by atoms with E-state index < -0.39 is 0 Å². The second-order valence-corrected chi connectivity index (χ2v) is 6.44. The molecule has 1 aromatic heterocycles. The molecule has 1 unspecified atom stereocenters. The predicted molar refractivity (Wildman–Crippen MR) is 79.9 cm³/mol. The molecule has 1 aliphatic rings. The van der Waals surface area contributed by atoms with E-state index in [9.17, 15) is 0 Å². The van der Waals surface area contributed by atoms with E-state index in [-0.39, 0.29) is 11.0 Å². The molecule has 100 valence electrons. The quantitative estimate of drug-likeness (QED) is 0.835. The van der Waals surface area contributed by atoms with Gasteiger partial charge in [0.1, 0.15) is 0 Å². The summed E-state index contributed by atoms with van der Waals surface area (Å²) >= 11 is 0. The summed E-state index contributed by atoms with van der Waals surface area (Å²) in [6, 6.07) is 10.5. The molecule has 1 heterocycles. The van der Waals surface area contributed by atoms with E-state index in [0.717, 1.165) is 11.9 Å². The molecular weight excluding hydrogens is 232 g/mol. The lowest BCUT2D eigenvalue weighted by atomic mass is 9.60. The van der Waals surface area contributed by atoms with Crippen LogP contribution >= 0.6 is 0 Å². The number of nitrogens with two attached hydrogens (primary N) is 1. The fourth-order valence-electron chi connectivity index (χ4n) is 3.50. The first kappa shape index (κ1) is 12.6. The van der Waals surface area contributed by atoms with Crippen molar-refractivity contribution < 1.29 is 0 Å². The van der Waals surface area contributed by atoms with E-state index in [2.05, 4.69) is 43.1 Å². The fraction of sp³-hybridized carbons (Fsp3) is 0.471. The van der Waals surface area contributed by atoms with E-state index in [1.54, 1.807) is 0 Å². The van der Waals surface area contributed by atoms with E-state index in [0.29, 0.717) is 0 Å². The molecule has 3 rings (SSSR count). The molecule has 0 saturated heterocycles. The van der Waals surface area contributed by atoms with Gasteiger partial charge in [0.2, 0.25) is 0 Å². The van der Waals surface area contributed by atoms with Crippen molar-refractivity contribution in [2.45, 2.75) is 45.1 Å². The van der Waals surface area contributed by atoms with Crippen molar-refractivity contribution in [3.63, 3.8) is 0 Å². The highest BCUT2D eigenvalue weighted by atomic mass is 14.8. The fourth-order valence-corrected chi connectivity index (χ4v) is 3.50. The highest BCUT2D eigenvalue weighted by molar-refractivity contribution is 5.82. The maximum absolute atomic E-state index is 6.88. The van der Waals surface area contributed by atoms with Crippen LogP contribution in [-0.2, 0) is 5.54 Å². The molecule has 2 aromatic rings.